The number of carbonyl (C=O) groups excluding carboxylic acids is 3. The van der Waals surface area contributed by atoms with Crippen molar-refractivity contribution >= 4 is 46.5 Å². The first-order valence-electron chi connectivity index (χ1n) is 14.2. The lowest BCUT2D eigenvalue weighted by Gasteiger charge is -2.16. The van der Waals surface area contributed by atoms with Gasteiger partial charge < -0.3 is 29.6 Å². The number of carbonyl (C=O) groups is 3. The predicted molar refractivity (Wildman–Crippen MR) is 178 cm³/mol. The van der Waals surface area contributed by atoms with Gasteiger partial charge in [-0.1, -0.05) is 17.8 Å². The average molecular weight is 640 g/mol. The second-order valence-electron chi connectivity index (χ2n) is 10.3. The molecule has 1 aliphatic rings. The number of methoxy groups -OCH3 is 4. The number of nitrogens with one attached hydrogen (secondary N) is 2. The van der Waals surface area contributed by atoms with Crippen LogP contribution in [0, 0.1) is 13.8 Å². The Morgan fingerprint density at radius 1 is 0.696 bits per heavy atom. The first-order chi connectivity index (χ1) is 22.2. The topological polar surface area (TPSA) is 115 Å². The maximum atomic E-state index is 13.8. The standard InChI is InChI=1S/C35H33N3O7S/c1-20-7-8-24(17-21(20)2)36-30-32(35(41)38(34(30)40)25-11-13-26(42-3)14-12-25)46-27-15-9-23(10-16-27)37-33(39)22-18-28(43-4)31(45-6)29(19-22)44-5/h7-19,36H,1-6H3,(H,37,39). The van der Waals surface area contributed by atoms with Gasteiger partial charge in [0, 0.05) is 21.8 Å². The monoisotopic (exact) mass is 639 g/mol. The molecule has 1 aliphatic heterocycles. The third kappa shape index (κ3) is 6.50. The van der Waals surface area contributed by atoms with Crippen molar-refractivity contribution in [1.82, 2.24) is 0 Å². The Hall–Kier alpha value is -5.42. The molecule has 11 heteroatoms. The number of benzene rings is 4. The number of nitrogens with zero attached hydrogens (tertiary/aromatic N) is 1. The van der Waals surface area contributed by atoms with E-state index in [0.717, 1.165) is 27.8 Å². The van der Waals surface area contributed by atoms with Gasteiger partial charge in [-0.15, -0.1) is 0 Å². The molecule has 0 aliphatic carbocycles. The molecule has 0 unspecified atom stereocenters. The summed E-state index contributed by atoms with van der Waals surface area (Å²) in [5, 5.41) is 6.06. The quantitative estimate of drug-likeness (QED) is 0.176. The van der Waals surface area contributed by atoms with E-state index >= 15 is 0 Å². The maximum Gasteiger partial charge on any atom is 0.283 e. The second kappa shape index (κ2) is 13.7. The van der Waals surface area contributed by atoms with Crippen molar-refractivity contribution in [3.8, 4) is 23.0 Å². The van der Waals surface area contributed by atoms with Gasteiger partial charge in [0.25, 0.3) is 17.7 Å². The van der Waals surface area contributed by atoms with Crippen LogP contribution in [0.2, 0.25) is 0 Å². The molecule has 4 aromatic rings. The van der Waals surface area contributed by atoms with Crippen LogP contribution in [-0.4, -0.2) is 46.2 Å². The van der Waals surface area contributed by atoms with E-state index in [-0.39, 0.29) is 16.5 Å². The van der Waals surface area contributed by atoms with Gasteiger partial charge in [-0.05, 0) is 97.8 Å². The first-order valence-corrected chi connectivity index (χ1v) is 15.0. The molecule has 0 spiro atoms. The van der Waals surface area contributed by atoms with E-state index < -0.39 is 11.8 Å². The summed E-state index contributed by atoms with van der Waals surface area (Å²) in [5.74, 6) is 0.407. The Morgan fingerprint density at radius 2 is 1.33 bits per heavy atom. The number of ether oxygens (including phenoxy) is 4. The van der Waals surface area contributed by atoms with Crippen LogP contribution < -0.4 is 34.5 Å². The fourth-order valence-electron chi connectivity index (χ4n) is 4.78. The number of hydrogen-bond acceptors (Lipinski definition) is 9. The van der Waals surface area contributed by atoms with E-state index in [4.69, 9.17) is 18.9 Å². The Labute approximate surface area is 271 Å². The number of hydrogen-bond donors (Lipinski definition) is 2. The van der Waals surface area contributed by atoms with Crippen molar-refractivity contribution in [2.75, 3.05) is 44.0 Å². The lowest BCUT2D eigenvalue weighted by atomic mass is 10.1. The summed E-state index contributed by atoms with van der Waals surface area (Å²) in [7, 11) is 6.00. The van der Waals surface area contributed by atoms with Crippen LogP contribution in [-0.2, 0) is 9.59 Å². The molecule has 4 aromatic carbocycles. The van der Waals surface area contributed by atoms with E-state index in [2.05, 4.69) is 10.6 Å². The predicted octanol–water partition coefficient (Wildman–Crippen LogP) is 6.58. The number of rotatable bonds is 11. The Morgan fingerprint density at radius 3 is 1.89 bits per heavy atom. The summed E-state index contributed by atoms with van der Waals surface area (Å²) in [6.07, 6.45) is 0. The van der Waals surface area contributed by atoms with E-state index in [1.165, 1.54) is 21.3 Å². The van der Waals surface area contributed by atoms with Crippen molar-refractivity contribution in [3.05, 3.63) is 106 Å². The third-order valence-corrected chi connectivity index (χ3v) is 8.50. The molecule has 5 rings (SSSR count). The van der Waals surface area contributed by atoms with Crippen molar-refractivity contribution in [1.29, 1.82) is 0 Å². The van der Waals surface area contributed by atoms with E-state index in [9.17, 15) is 14.4 Å². The SMILES string of the molecule is COc1ccc(N2C(=O)C(Nc3ccc(C)c(C)c3)=C(Sc3ccc(NC(=O)c4cc(OC)c(OC)c(OC)c4)cc3)C2=O)cc1. The fourth-order valence-corrected chi connectivity index (χ4v) is 5.71. The minimum Gasteiger partial charge on any atom is -0.497 e. The van der Waals surface area contributed by atoms with Gasteiger partial charge in [0.15, 0.2) is 11.5 Å². The van der Waals surface area contributed by atoms with E-state index in [1.807, 2.05) is 32.0 Å². The molecule has 0 radical (unpaired) electrons. The lowest BCUT2D eigenvalue weighted by molar-refractivity contribution is -0.120. The van der Waals surface area contributed by atoms with E-state index in [0.29, 0.717) is 50.5 Å². The Bertz CT molecular complexity index is 1810. The van der Waals surface area contributed by atoms with Gasteiger partial charge >= 0.3 is 0 Å². The highest BCUT2D eigenvalue weighted by Gasteiger charge is 2.40. The van der Waals surface area contributed by atoms with Crippen molar-refractivity contribution in [3.63, 3.8) is 0 Å². The molecule has 0 aromatic heterocycles. The number of imide groups is 1. The Kier molecular flexibility index (Phi) is 9.53. The summed E-state index contributed by atoms with van der Waals surface area (Å²) in [6, 6.07) is 22.6. The molecule has 10 nitrogen and oxygen atoms in total. The van der Waals surface area contributed by atoms with Crippen LogP contribution in [0.15, 0.2) is 94.4 Å². The van der Waals surface area contributed by atoms with Crippen molar-refractivity contribution < 1.29 is 33.3 Å². The largest absolute Gasteiger partial charge is 0.497 e. The summed E-state index contributed by atoms with van der Waals surface area (Å²) in [5.41, 5.74) is 4.30. The smallest absolute Gasteiger partial charge is 0.283 e. The molecule has 1 heterocycles. The van der Waals surface area contributed by atoms with Crippen molar-refractivity contribution in [2.24, 2.45) is 0 Å². The van der Waals surface area contributed by atoms with Gasteiger partial charge in [0.2, 0.25) is 5.75 Å². The summed E-state index contributed by atoms with van der Waals surface area (Å²) in [4.78, 5) is 42.7. The average Bonchev–Trinajstić information content (AvgIpc) is 3.30. The molecular weight excluding hydrogens is 606 g/mol. The molecular formula is C35H33N3O7S. The molecule has 0 atom stereocenters. The van der Waals surface area contributed by atoms with Crippen LogP contribution in [0.5, 0.6) is 23.0 Å². The molecule has 236 valence electrons. The van der Waals surface area contributed by atoms with Gasteiger partial charge in [0.05, 0.1) is 34.1 Å². The van der Waals surface area contributed by atoms with Crippen LogP contribution in [0.4, 0.5) is 17.1 Å². The van der Waals surface area contributed by atoms with Crippen molar-refractivity contribution in [2.45, 2.75) is 18.7 Å². The Balaban J connectivity index is 1.40. The van der Waals surface area contributed by atoms with Gasteiger partial charge in [0.1, 0.15) is 16.4 Å². The molecule has 0 bridgehead atoms. The molecule has 3 amide bonds. The van der Waals surface area contributed by atoms with Crippen LogP contribution in [0.1, 0.15) is 21.5 Å². The molecule has 0 saturated carbocycles. The highest BCUT2D eigenvalue weighted by atomic mass is 32.2. The second-order valence-corrected chi connectivity index (χ2v) is 11.4. The molecule has 2 N–H and O–H groups in total. The van der Waals surface area contributed by atoms with Crippen LogP contribution in [0.3, 0.4) is 0 Å². The highest BCUT2D eigenvalue weighted by molar-refractivity contribution is 8.04. The van der Waals surface area contributed by atoms with Gasteiger partial charge in [-0.25, -0.2) is 4.90 Å². The van der Waals surface area contributed by atoms with Crippen LogP contribution in [0.25, 0.3) is 0 Å². The normalized spacial score (nSPS) is 12.7. The zero-order chi connectivity index (χ0) is 33.0. The zero-order valence-corrected chi connectivity index (χ0v) is 27.0. The molecule has 46 heavy (non-hydrogen) atoms. The summed E-state index contributed by atoms with van der Waals surface area (Å²) in [6.45, 7) is 3.99. The summed E-state index contributed by atoms with van der Waals surface area (Å²) >= 11 is 1.16. The van der Waals surface area contributed by atoms with Crippen LogP contribution >= 0.6 is 11.8 Å². The number of amides is 3. The highest BCUT2D eigenvalue weighted by Crippen LogP contribution is 2.40. The molecule has 0 fully saturated rings. The fraction of sp³-hybridized carbons (Fsp3) is 0.171. The van der Waals surface area contributed by atoms with Gasteiger partial charge in [-0.3, -0.25) is 14.4 Å². The number of thioether (sulfide) groups is 1. The number of aryl methyl sites for hydroxylation is 2. The number of anilines is 3. The zero-order valence-electron chi connectivity index (χ0n) is 26.2. The third-order valence-electron chi connectivity index (χ3n) is 7.41. The van der Waals surface area contributed by atoms with Gasteiger partial charge in [-0.2, -0.15) is 0 Å². The first kappa shape index (κ1) is 32.0. The summed E-state index contributed by atoms with van der Waals surface area (Å²) < 4.78 is 21.3. The maximum absolute atomic E-state index is 13.8. The minimum absolute atomic E-state index is 0.175. The minimum atomic E-state index is -0.467. The lowest BCUT2D eigenvalue weighted by Crippen LogP contribution is -2.32. The molecule has 0 saturated heterocycles. The van der Waals surface area contributed by atoms with E-state index in [1.54, 1.807) is 67.8 Å².